The minimum atomic E-state index is -0.361. The minimum Gasteiger partial charge on any atom is -0.481 e. The summed E-state index contributed by atoms with van der Waals surface area (Å²) in [5.41, 5.74) is 1.56. The topological polar surface area (TPSA) is 109 Å². The summed E-state index contributed by atoms with van der Waals surface area (Å²) in [6.45, 7) is 3.04. The number of aliphatic hydroxyl groups excluding tert-OH is 1. The van der Waals surface area contributed by atoms with Gasteiger partial charge in [0.05, 0.1) is 30.7 Å². The number of aromatic nitrogens is 5. The molecule has 3 aromatic heterocycles. The monoisotopic (exact) mass is 494 g/mol. The van der Waals surface area contributed by atoms with Crippen molar-refractivity contribution in [3.63, 3.8) is 0 Å². The van der Waals surface area contributed by atoms with Gasteiger partial charge in [-0.05, 0) is 18.2 Å². The molecule has 0 aliphatic carbocycles. The largest absolute Gasteiger partial charge is 0.481 e. The molecule has 1 aliphatic heterocycles. The zero-order valence-electron chi connectivity index (χ0n) is 16.4. The highest BCUT2D eigenvalue weighted by molar-refractivity contribution is 7.99. The van der Waals surface area contributed by atoms with Crippen LogP contribution in [0.1, 0.15) is 12.6 Å². The van der Waals surface area contributed by atoms with Crippen molar-refractivity contribution in [2.45, 2.75) is 29.6 Å². The Morgan fingerprint density at radius 1 is 1.20 bits per heavy atom. The third kappa shape index (κ3) is 4.62. The van der Waals surface area contributed by atoms with E-state index in [0.29, 0.717) is 45.6 Å². The molecule has 0 bridgehead atoms. The number of aromatic amines is 1. The zero-order valence-corrected chi connectivity index (χ0v) is 19.6. The number of hydrogen-bond donors (Lipinski definition) is 2. The Morgan fingerprint density at radius 2 is 1.93 bits per heavy atom. The molecule has 0 atom stereocenters. The van der Waals surface area contributed by atoms with E-state index in [1.807, 2.05) is 11.8 Å². The van der Waals surface area contributed by atoms with Crippen molar-refractivity contribution in [2.24, 2.45) is 0 Å². The van der Waals surface area contributed by atoms with Gasteiger partial charge >= 0.3 is 6.01 Å². The lowest BCUT2D eigenvalue weighted by Crippen LogP contribution is -2.51. The van der Waals surface area contributed by atoms with Crippen molar-refractivity contribution in [3.8, 4) is 11.9 Å². The molecule has 30 heavy (non-hydrogen) atoms. The van der Waals surface area contributed by atoms with Gasteiger partial charge in [0.15, 0.2) is 5.16 Å². The Balaban J connectivity index is 0.00000160. The summed E-state index contributed by atoms with van der Waals surface area (Å²) in [4.78, 5) is 23.0. The molecule has 0 amide bonds. The van der Waals surface area contributed by atoms with Crippen molar-refractivity contribution >= 4 is 65.0 Å². The summed E-state index contributed by atoms with van der Waals surface area (Å²) >= 11 is 7.82. The second-order valence-corrected chi connectivity index (χ2v) is 7.59. The van der Waals surface area contributed by atoms with E-state index in [1.54, 1.807) is 6.07 Å². The van der Waals surface area contributed by atoms with E-state index < -0.39 is 0 Å². The third-order valence-corrected chi connectivity index (χ3v) is 5.59. The van der Waals surface area contributed by atoms with Crippen LogP contribution >= 0.6 is 48.2 Å². The first-order valence-corrected chi connectivity index (χ1v) is 9.87. The van der Waals surface area contributed by atoms with Gasteiger partial charge in [-0.1, -0.05) is 18.5 Å². The number of β-amino-alcohol motifs (C(OH)–C–C–N with tert-alkyl or cyclic N) is 1. The average molecular weight is 496 g/mol. The van der Waals surface area contributed by atoms with Gasteiger partial charge in [0, 0.05) is 24.8 Å². The summed E-state index contributed by atoms with van der Waals surface area (Å²) in [7, 11) is 3.02. The standard InChI is InChI=1S/C17H19ClN6O3S.2ClH/c1-4-9-13(18)12-14(19-9)22-17(23-15(12)24-6-8(25)7-24)28-11-5-10(26-2)20-16(21-11)27-3;;/h5,8,25H,4,6-7H2,1-3H3,(H,19,22,23);2*1H. The molecule has 1 saturated heterocycles. The van der Waals surface area contributed by atoms with E-state index in [1.165, 1.54) is 26.0 Å². The second-order valence-electron chi connectivity index (χ2n) is 6.22. The molecule has 2 N–H and O–H groups in total. The Labute approximate surface area is 194 Å². The number of nitrogens with one attached hydrogen (secondary N) is 1. The predicted molar refractivity (Wildman–Crippen MR) is 120 cm³/mol. The highest BCUT2D eigenvalue weighted by atomic mass is 35.5. The number of anilines is 1. The number of hydrogen-bond acceptors (Lipinski definition) is 9. The summed E-state index contributed by atoms with van der Waals surface area (Å²) in [6.07, 6.45) is 0.389. The smallest absolute Gasteiger partial charge is 0.320 e. The molecule has 1 aliphatic rings. The van der Waals surface area contributed by atoms with E-state index >= 15 is 0 Å². The normalized spacial score (nSPS) is 13.4. The first kappa shape index (κ1) is 24.5. The molecule has 0 saturated carbocycles. The molecule has 13 heteroatoms. The number of methoxy groups -OCH3 is 2. The molecule has 4 rings (SSSR count). The molecule has 0 unspecified atom stereocenters. The van der Waals surface area contributed by atoms with E-state index in [9.17, 15) is 5.11 Å². The van der Waals surface area contributed by atoms with Crippen LogP contribution in [-0.2, 0) is 6.42 Å². The number of fused-ring (bicyclic) bond motifs is 1. The number of aryl methyl sites for hydroxylation is 1. The van der Waals surface area contributed by atoms with Gasteiger partial charge in [-0.25, -0.2) is 9.97 Å². The fourth-order valence-corrected chi connectivity index (χ4v) is 4.04. The lowest BCUT2D eigenvalue weighted by molar-refractivity contribution is 0.141. The summed E-state index contributed by atoms with van der Waals surface area (Å²) in [6, 6.07) is 1.89. The fraction of sp³-hybridized carbons (Fsp3) is 0.412. The number of aliphatic hydroxyl groups is 1. The molecule has 4 heterocycles. The molecular weight excluding hydrogens is 475 g/mol. The van der Waals surface area contributed by atoms with Crippen molar-refractivity contribution in [3.05, 3.63) is 16.8 Å². The molecular formula is C17H21Cl3N6O3S. The van der Waals surface area contributed by atoms with Crippen LogP contribution in [-0.4, -0.2) is 63.4 Å². The Morgan fingerprint density at radius 3 is 2.53 bits per heavy atom. The van der Waals surface area contributed by atoms with Crippen LogP contribution in [0.25, 0.3) is 11.0 Å². The van der Waals surface area contributed by atoms with Crippen molar-refractivity contribution < 1.29 is 14.6 Å². The maximum atomic E-state index is 9.72. The Hall–Kier alpha value is -1.72. The first-order chi connectivity index (χ1) is 13.5. The van der Waals surface area contributed by atoms with Crippen LogP contribution in [0.2, 0.25) is 5.02 Å². The minimum absolute atomic E-state index is 0. The number of H-pyrrole nitrogens is 1. The highest BCUT2D eigenvalue weighted by Gasteiger charge is 2.30. The van der Waals surface area contributed by atoms with Crippen molar-refractivity contribution in [1.29, 1.82) is 0 Å². The van der Waals surface area contributed by atoms with Gasteiger partial charge in [-0.3, -0.25) is 0 Å². The molecule has 3 aromatic rings. The van der Waals surface area contributed by atoms with Gasteiger partial charge in [-0.15, -0.1) is 24.8 Å². The van der Waals surface area contributed by atoms with E-state index in [4.69, 9.17) is 26.1 Å². The SMILES string of the molecule is CCc1[nH]c2nc(Sc3cc(OC)nc(OC)n3)nc(N3CC(O)C3)c2c1Cl.Cl.Cl. The molecule has 9 nitrogen and oxygen atoms in total. The fourth-order valence-electron chi connectivity index (χ4n) is 2.94. The lowest BCUT2D eigenvalue weighted by atomic mass is 10.1. The van der Waals surface area contributed by atoms with Gasteiger partial charge in [0.1, 0.15) is 16.5 Å². The number of nitrogens with zero attached hydrogens (tertiary/aromatic N) is 5. The summed E-state index contributed by atoms with van der Waals surface area (Å²) in [5.74, 6) is 1.09. The average Bonchev–Trinajstić information content (AvgIpc) is 3.00. The summed E-state index contributed by atoms with van der Waals surface area (Å²) in [5, 5.41) is 12.2. The van der Waals surface area contributed by atoms with Crippen LogP contribution in [0.3, 0.4) is 0 Å². The van der Waals surface area contributed by atoms with Crippen LogP contribution in [0.5, 0.6) is 11.9 Å². The van der Waals surface area contributed by atoms with Crippen LogP contribution in [0.4, 0.5) is 5.82 Å². The molecule has 0 spiro atoms. The van der Waals surface area contributed by atoms with Crippen LogP contribution in [0.15, 0.2) is 16.2 Å². The van der Waals surface area contributed by atoms with Crippen LogP contribution < -0.4 is 14.4 Å². The molecule has 164 valence electrons. The molecule has 0 radical (unpaired) electrons. The van der Waals surface area contributed by atoms with Gasteiger partial charge in [-0.2, -0.15) is 9.97 Å². The van der Waals surface area contributed by atoms with E-state index in [2.05, 4.69) is 19.9 Å². The number of ether oxygens (including phenoxy) is 2. The first-order valence-electron chi connectivity index (χ1n) is 8.68. The van der Waals surface area contributed by atoms with Crippen molar-refractivity contribution in [1.82, 2.24) is 24.9 Å². The Bertz CT molecular complexity index is 1010. The summed E-state index contributed by atoms with van der Waals surface area (Å²) < 4.78 is 10.3. The maximum absolute atomic E-state index is 9.72. The van der Waals surface area contributed by atoms with Gasteiger partial charge in [0.25, 0.3) is 0 Å². The van der Waals surface area contributed by atoms with E-state index in [-0.39, 0.29) is 36.9 Å². The van der Waals surface area contributed by atoms with E-state index in [0.717, 1.165) is 17.5 Å². The number of halogens is 3. The third-order valence-electron chi connectivity index (χ3n) is 4.38. The maximum Gasteiger partial charge on any atom is 0.320 e. The molecule has 0 aromatic carbocycles. The second kappa shape index (κ2) is 10.1. The Kier molecular flexibility index (Phi) is 8.23. The van der Waals surface area contributed by atoms with Crippen molar-refractivity contribution in [2.75, 3.05) is 32.2 Å². The quantitative estimate of drug-likeness (QED) is 0.393. The van der Waals surface area contributed by atoms with Crippen LogP contribution in [0, 0.1) is 0 Å². The predicted octanol–water partition coefficient (Wildman–Crippen LogP) is 3.16. The lowest BCUT2D eigenvalue weighted by Gasteiger charge is -2.37. The molecule has 1 fully saturated rings. The van der Waals surface area contributed by atoms with Gasteiger partial charge in [0.2, 0.25) is 5.88 Å². The highest BCUT2D eigenvalue weighted by Crippen LogP contribution is 2.38. The number of rotatable bonds is 6. The zero-order chi connectivity index (χ0) is 19.8. The van der Waals surface area contributed by atoms with Gasteiger partial charge < -0.3 is 24.5 Å².